The largest absolute Gasteiger partial charge is 0.307 e. The number of rotatable bonds is 6. The Kier molecular flexibility index (Phi) is 8.18. The molecular weight excluding hydrogens is 791 g/mol. The van der Waals surface area contributed by atoms with Gasteiger partial charge in [-0.25, -0.2) is 4.98 Å². The highest BCUT2D eigenvalue weighted by Gasteiger charge is 2.35. The fourth-order valence-corrected chi connectivity index (χ4v) is 10.6. The van der Waals surface area contributed by atoms with Gasteiger partial charge in [0.1, 0.15) is 0 Å². The Hall–Kier alpha value is -8.41. The summed E-state index contributed by atoms with van der Waals surface area (Å²) in [6, 6.07) is 76.0. The highest BCUT2D eigenvalue weighted by molar-refractivity contribution is 6.24. The lowest BCUT2D eigenvalue weighted by atomic mass is 9.82. The van der Waals surface area contributed by atoms with Crippen molar-refractivity contribution in [1.82, 2.24) is 24.1 Å². The van der Waals surface area contributed by atoms with Crippen molar-refractivity contribution in [2.24, 2.45) is 0 Å². The molecule has 9 aromatic carbocycles. The molecule has 12 aromatic rings. The van der Waals surface area contributed by atoms with E-state index in [4.69, 9.17) is 15.0 Å². The lowest BCUT2D eigenvalue weighted by Crippen LogP contribution is -2.14. The van der Waals surface area contributed by atoms with E-state index in [9.17, 15) is 0 Å². The first-order chi connectivity index (χ1) is 32.0. The summed E-state index contributed by atoms with van der Waals surface area (Å²) in [6.45, 7) is 4.63. The van der Waals surface area contributed by atoms with Crippen molar-refractivity contribution < 1.29 is 0 Å². The number of hydrogen-bond donors (Lipinski definition) is 0. The molecule has 0 saturated carbocycles. The zero-order valence-electron chi connectivity index (χ0n) is 35.9. The van der Waals surface area contributed by atoms with Crippen molar-refractivity contribution >= 4 is 43.6 Å². The molecule has 1 aliphatic carbocycles. The van der Waals surface area contributed by atoms with Gasteiger partial charge in [-0.15, -0.1) is 0 Å². The standard InChI is InChI=1S/C60H41N5/c1-60(2)50-29-15-11-25-43(50)49-37-40(33-36-51(49)60)58-61-57(39-21-7-4-8-22-39)62-59(63-58)65-54-32-18-14-28-46(54)48-35-34-47-45-27-13-17-31-53(45)64(55(47)56(48)65)52-30-16-12-26-44(52)42-24-10-9-23-41(42)38-19-5-3-6-20-38/h3-37H,1-2H3. The summed E-state index contributed by atoms with van der Waals surface area (Å²) in [4.78, 5) is 16.2. The van der Waals surface area contributed by atoms with Crippen molar-refractivity contribution in [3.05, 3.63) is 223 Å². The molecule has 3 heterocycles. The lowest BCUT2D eigenvalue weighted by molar-refractivity contribution is 0.660. The Morgan fingerprint density at radius 3 is 1.55 bits per heavy atom. The summed E-state index contributed by atoms with van der Waals surface area (Å²) in [7, 11) is 0. The minimum atomic E-state index is -0.112. The zero-order chi connectivity index (χ0) is 43.2. The lowest BCUT2D eigenvalue weighted by Gasteiger charge is -2.21. The highest BCUT2D eigenvalue weighted by atomic mass is 15.2. The fraction of sp³-hybridized carbons (Fsp3) is 0.0500. The Balaban J connectivity index is 1.13. The Morgan fingerprint density at radius 1 is 0.338 bits per heavy atom. The van der Waals surface area contributed by atoms with Gasteiger partial charge in [-0.3, -0.25) is 4.57 Å². The molecule has 5 heteroatoms. The minimum Gasteiger partial charge on any atom is -0.307 e. The van der Waals surface area contributed by atoms with Crippen molar-refractivity contribution in [1.29, 1.82) is 0 Å². The molecule has 306 valence electrons. The fourth-order valence-electron chi connectivity index (χ4n) is 10.6. The molecule has 3 aromatic heterocycles. The van der Waals surface area contributed by atoms with E-state index in [1.165, 1.54) is 44.3 Å². The number of fused-ring (bicyclic) bond motifs is 10. The van der Waals surface area contributed by atoms with Gasteiger partial charge in [0.25, 0.3) is 0 Å². The van der Waals surface area contributed by atoms with Crippen LogP contribution in [-0.2, 0) is 5.41 Å². The first kappa shape index (κ1) is 37.2. The third-order valence-corrected chi connectivity index (χ3v) is 13.6. The van der Waals surface area contributed by atoms with Gasteiger partial charge >= 0.3 is 0 Å². The molecule has 0 fully saturated rings. The van der Waals surface area contributed by atoms with E-state index in [-0.39, 0.29) is 5.41 Å². The maximum Gasteiger partial charge on any atom is 0.238 e. The SMILES string of the molecule is CC1(C)c2ccccc2-c2cc(-c3nc(-c4ccccc4)nc(-n4c5ccccc5c5ccc6c7ccccc7n(-c7ccccc7-c7ccccc7-c7ccccc7)c6c54)n3)ccc21. The van der Waals surface area contributed by atoms with E-state index in [1.54, 1.807) is 0 Å². The number of hydrogen-bond acceptors (Lipinski definition) is 3. The van der Waals surface area contributed by atoms with Crippen LogP contribution in [0.3, 0.4) is 0 Å². The number of aromatic nitrogens is 5. The molecule has 0 unspecified atom stereocenters. The molecule has 0 atom stereocenters. The van der Waals surface area contributed by atoms with Crippen molar-refractivity contribution in [2.45, 2.75) is 19.3 Å². The van der Waals surface area contributed by atoms with Gasteiger partial charge in [0.2, 0.25) is 5.95 Å². The van der Waals surface area contributed by atoms with E-state index < -0.39 is 0 Å². The molecule has 0 amide bonds. The van der Waals surface area contributed by atoms with Gasteiger partial charge in [0.15, 0.2) is 11.6 Å². The number of nitrogens with zero attached hydrogens (tertiary/aromatic N) is 5. The van der Waals surface area contributed by atoms with Crippen molar-refractivity contribution in [3.63, 3.8) is 0 Å². The predicted molar refractivity (Wildman–Crippen MR) is 268 cm³/mol. The van der Waals surface area contributed by atoms with E-state index in [1.807, 2.05) is 18.2 Å². The molecule has 5 nitrogen and oxygen atoms in total. The average Bonchev–Trinajstić information content (AvgIpc) is 3.97. The molecule has 1 aliphatic rings. The third-order valence-electron chi connectivity index (χ3n) is 13.6. The quantitative estimate of drug-likeness (QED) is 0.168. The summed E-state index contributed by atoms with van der Waals surface area (Å²) in [6.07, 6.45) is 0. The molecule has 0 N–H and O–H groups in total. The Bertz CT molecular complexity index is 3860. The zero-order valence-corrected chi connectivity index (χ0v) is 35.9. The summed E-state index contributed by atoms with van der Waals surface area (Å²) >= 11 is 0. The third kappa shape index (κ3) is 5.62. The first-order valence-corrected chi connectivity index (χ1v) is 22.3. The maximum absolute atomic E-state index is 5.49. The van der Waals surface area contributed by atoms with Gasteiger partial charge in [0.05, 0.1) is 27.8 Å². The van der Waals surface area contributed by atoms with Crippen LogP contribution in [0.15, 0.2) is 212 Å². The molecule has 13 rings (SSSR count). The number of para-hydroxylation sites is 3. The van der Waals surface area contributed by atoms with Crippen LogP contribution in [0.4, 0.5) is 0 Å². The van der Waals surface area contributed by atoms with Crippen LogP contribution in [0.25, 0.3) is 111 Å². The minimum absolute atomic E-state index is 0.112. The second-order valence-electron chi connectivity index (χ2n) is 17.6. The van der Waals surface area contributed by atoms with Gasteiger partial charge < -0.3 is 4.57 Å². The smallest absolute Gasteiger partial charge is 0.238 e. The van der Waals surface area contributed by atoms with E-state index in [2.05, 4.69) is 217 Å². The van der Waals surface area contributed by atoms with Gasteiger partial charge in [-0.1, -0.05) is 202 Å². The Morgan fingerprint density at radius 2 is 0.846 bits per heavy atom. The van der Waals surface area contributed by atoms with Crippen LogP contribution in [0.2, 0.25) is 0 Å². The molecule has 0 bridgehead atoms. The second-order valence-corrected chi connectivity index (χ2v) is 17.6. The van der Waals surface area contributed by atoms with Crippen LogP contribution >= 0.6 is 0 Å². The van der Waals surface area contributed by atoms with Crippen LogP contribution in [0.5, 0.6) is 0 Å². The van der Waals surface area contributed by atoms with Crippen LogP contribution in [-0.4, -0.2) is 24.1 Å². The van der Waals surface area contributed by atoms with E-state index >= 15 is 0 Å². The Labute approximate surface area is 376 Å². The van der Waals surface area contributed by atoms with Gasteiger partial charge in [-0.2, -0.15) is 9.97 Å². The maximum atomic E-state index is 5.49. The van der Waals surface area contributed by atoms with Crippen molar-refractivity contribution in [3.8, 4) is 67.8 Å². The molecule has 0 spiro atoms. The predicted octanol–water partition coefficient (Wildman–Crippen LogP) is 15.0. The van der Waals surface area contributed by atoms with Crippen LogP contribution in [0, 0.1) is 0 Å². The normalized spacial score (nSPS) is 12.9. The van der Waals surface area contributed by atoms with Gasteiger partial charge in [0, 0.05) is 43.7 Å². The monoisotopic (exact) mass is 831 g/mol. The molecule has 0 radical (unpaired) electrons. The van der Waals surface area contributed by atoms with Crippen LogP contribution in [0.1, 0.15) is 25.0 Å². The summed E-state index contributed by atoms with van der Waals surface area (Å²) < 4.78 is 4.76. The first-order valence-electron chi connectivity index (χ1n) is 22.3. The van der Waals surface area contributed by atoms with Crippen molar-refractivity contribution in [2.75, 3.05) is 0 Å². The summed E-state index contributed by atoms with van der Waals surface area (Å²) in [5.74, 6) is 1.81. The number of benzene rings is 9. The van der Waals surface area contributed by atoms with E-state index in [0.29, 0.717) is 17.6 Å². The summed E-state index contributed by atoms with van der Waals surface area (Å²) in [5.41, 5.74) is 16.9. The molecular formula is C60H41N5. The van der Waals surface area contributed by atoms with E-state index in [0.717, 1.165) is 60.6 Å². The topological polar surface area (TPSA) is 48.5 Å². The molecule has 65 heavy (non-hydrogen) atoms. The van der Waals surface area contributed by atoms with Gasteiger partial charge in [-0.05, 0) is 63.2 Å². The summed E-state index contributed by atoms with van der Waals surface area (Å²) in [5, 5.41) is 4.58. The molecule has 0 saturated heterocycles. The highest BCUT2D eigenvalue weighted by Crippen LogP contribution is 2.50. The average molecular weight is 832 g/mol. The molecule has 0 aliphatic heterocycles. The second kappa shape index (κ2) is 14.3. The van der Waals surface area contributed by atoms with Crippen LogP contribution < -0.4 is 0 Å².